The Morgan fingerprint density at radius 1 is 1.33 bits per heavy atom. The predicted molar refractivity (Wildman–Crippen MR) is 73.5 cm³/mol. The molecule has 0 unspecified atom stereocenters. The number of halogens is 1. The lowest BCUT2D eigenvalue weighted by Gasteiger charge is -2.15. The van der Waals surface area contributed by atoms with Gasteiger partial charge in [0.25, 0.3) is 0 Å². The first kappa shape index (κ1) is 13.4. The molecular formula is C14H18ClN3. The molecule has 1 N–H and O–H groups in total. The van der Waals surface area contributed by atoms with Gasteiger partial charge in [0.1, 0.15) is 0 Å². The van der Waals surface area contributed by atoms with Crippen LogP contribution in [0.15, 0.2) is 18.2 Å². The molecule has 0 aliphatic carbocycles. The Bertz CT molecular complexity index is 433. The lowest BCUT2D eigenvalue weighted by Crippen LogP contribution is -2.29. The molecule has 1 aliphatic rings. The van der Waals surface area contributed by atoms with Gasteiger partial charge in [0, 0.05) is 24.7 Å². The Morgan fingerprint density at radius 3 is 2.78 bits per heavy atom. The SMILES string of the molecule is N#Cc1ccc(CNCCN2CCCC2)c(Cl)c1. The van der Waals surface area contributed by atoms with Crippen molar-refractivity contribution in [2.75, 3.05) is 26.2 Å². The van der Waals surface area contributed by atoms with Gasteiger partial charge in [0.2, 0.25) is 0 Å². The number of rotatable bonds is 5. The summed E-state index contributed by atoms with van der Waals surface area (Å²) in [6.07, 6.45) is 2.67. The summed E-state index contributed by atoms with van der Waals surface area (Å²) in [4.78, 5) is 2.48. The van der Waals surface area contributed by atoms with E-state index in [4.69, 9.17) is 16.9 Å². The number of nitriles is 1. The van der Waals surface area contributed by atoms with Crippen LogP contribution in [0.25, 0.3) is 0 Å². The molecule has 0 atom stereocenters. The maximum absolute atomic E-state index is 8.76. The predicted octanol–water partition coefficient (Wildman–Crippen LogP) is 2.40. The summed E-state index contributed by atoms with van der Waals surface area (Å²) in [5, 5.41) is 12.8. The van der Waals surface area contributed by atoms with E-state index in [0.717, 1.165) is 25.2 Å². The van der Waals surface area contributed by atoms with Gasteiger partial charge in [-0.15, -0.1) is 0 Å². The molecule has 1 aromatic carbocycles. The van der Waals surface area contributed by atoms with Gasteiger partial charge in [-0.1, -0.05) is 17.7 Å². The maximum Gasteiger partial charge on any atom is 0.0992 e. The summed E-state index contributed by atoms with van der Waals surface area (Å²) in [5.41, 5.74) is 1.66. The topological polar surface area (TPSA) is 39.1 Å². The van der Waals surface area contributed by atoms with Gasteiger partial charge in [-0.3, -0.25) is 0 Å². The van der Waals surface area contributed by atoms with E-state index in [1.807, 2.05) is 12.1 Å². The third kappa shape index (κ3) is 3.71. The zero-order chi connectivity index (χ0) is 12.8. The second kappa shape index (κ2) is 6.75. The number of nitrogens with zero attached hydrogens (tertiary/aromatic N) is 2. The number of likely N-dealkylation sites (tertiary alicyclic amines) is 1. The lowest BCUT2D eigenvalue weighted by atomic mass is 10.1. The van der Waals surface area contributed by atoms with E-state index in [9.17, 15) is 0 Å². The van der Waals surface area contributed by atoms with Crippen LogP contribution in [0.1, 0.15) is 24.0 Å². The molecule has 0 bridgehead atoms. The van der Waals surface area contributed by atoms with E-state index in [0.29, 0.717) is 10.6 Å². The number of hydrogen-bond donors (Lipinski definition) is 1. The van der Waals surface area contributed by atoms with Crippen molar-refractivity contribution in [1.29, 1.82) is 5.26 Å². The Labute approximate surface area is 113 Å². The monoisotopic (exact) mass is 263 g/mol. The van der Waals surface area contributed by atoms with Crippen LogP contribution in [-0.4, -0.2) is 31.1 Å². The fraction of sp³-hybridized carbons (Fsp3) is 0.500. The van der Waals surface area contributed by atoms with Gasteiger partial charge >= 0.3 is 0 Å². The highest BCUT2D eigenvalue weighted by Crippen LogP contribution is 2.17. The molecule has 4 heteroatoms. The van der Waals surface area contributed by atoms with Crippen molar-refractivity contribution in [1.82, 2.24) is 10.2 Å². The highest BCUT2D eigenvalue weighted by atomic mass is 35.5. The molecule has 18 heavy (non-hydrogen) atoms. The standard InChI is InChI=1S/C14H18ClN3/c15-14-9-12(10-16)3-4-13(14)11-17-5-8-18-6-1-2-7-18/h3-4,9,17H,1-2,5-8,11H2. The van der Waals surface area contributed by atoms with Gasteiger partial charge in [-0.25, -0.2) is 0 Å². The molecule has 1 heterocycles. The summed E-state index contributed by atoms with van der Waals surface area (Å²) < 4.78 is 0. The van der Waals surface area contributed by atoms with Crippen molar-refractivity contribution in [2.24, 2.45) is 0 Å². The molecule has 3 nitrogen and oxygen atoms in total. The molecule has 96 valence electrons. The van der Waals surface area contributed by atoms with E-state index >= 15 is 0 Å². The highest BCUT2D eigenvalue weighted by Gasteiger charge is 2.10. The molecule has 0 radical (unpaired) electrons. The molecule has 1 aliphatic heterocycles. The minimum atomic E-state index is 0.612. The molecule has 2 rings (SSSR count). The van der Waals surface area contributed by atoms with Gasteiger partial charge in [0.15, 0.2) is 0 Å². The number of benzene rings is 1. The summed E-state index contributed by atoms with van der Waals surface area (Å²) in [6, 6.07) is 7.54. The Balaban J connectivity index is 1.74. The molecule has 0 amide bonds. The van der Waals surface area contributed by atoms with Gasteiger partial charge in [-0.05, 0) is 43.6 Å². The van der Waals surface area contributed by atoms with E-state index in [1.54, 1.807) is 6.07 Å². The third-order valence-electron chi connectivity index (χ3n) is 3.30. The minimum absolute atomic E-state index is 0.612. The summed E-state index contributed by atoms with van der Waals surface area (Å²) in [6.45, 7) is 5.32. The van der Waals surface area contributed by atoms with Crippen molar-refractivity contribution < 1.29 is 0 Å². The van der Waals surface area contributed by atoms with E-state index < -0.39 is 0 Å². The van der Waals surface area contributed by atoms with Crippen molar-refractivity contribution >= 4 is 11.6 Å². The van der Waals surface area contributed by atoms with Gasteiger partial charge < -0.3 is 10.2 Å². The molecule has 0 saturated carbocycles. The summed E-state index contributed by atoms with van der Waals surface area (Å²) in [7, 11) is 0. The van der Waals surface area contributed by atoms with Crippen LogP contribution in [0.5, 0.6) is 0 Å². The number of hydrogen-bond acceptors (Lipinski definition) is 3. The zero-order valence-electron chi connectivity index (χ0n) is 10.5. The smallest absolute Gasteiger partial charge is 0.0992 e. The first-order valence-electron chi connectivity index (χ1n) is 6.41. The lowest BCUT2D eigenvalue weighted by molar-refractivity contribution is 0.335. The quantitative estimate of drug-likeness (QED) is 0.829. The van der Waals surface area contributed by atoms with Crippen molar-refractivity contribution in [3.63, 3.8) is 0 Å². The van der Waals surface area contributed by atoms with Crippen molar-refractivity contribution in [3.05, 3.63) is 34.3 Å². The third-order valence-corrected chi connectivity index (χ3v) is 3.65. The summed E-state index contributed by atoms with van der Waals surface area (Å²) >= 11 is 6.11. The largest absolute Gasteiger partial charge is 0.311 e. The number of nitrogens with one attached hydrogen (secondary N) is 1. The first-order valence-corrected chi connectivity index (χ1v) is 6.79. The van der Waals surface area contributed by atoms with E-state index in [-0.39, 0.29) is 0 Å². The van der Waals surface area contributed by atoms with Crippen LogP contribution in [-0.2, 0) is 6.54 Å². The highest BCUT2D eigenvalue weighted by molar-refractivity contribution is 6.31. The van der Waals surface area contributed by atoms with E-state index in [1.165, 1.54) is 25.9 Å². The molecule has 1 fully saturated rings. The van der Waals surface area contributed by atoms with Crippen LogP contribution in [0.4, 0.5) is 0 Å². The zero-order valence-corrected chi connectivity index (χ0v) is 11.2. The fourth-order valence-electron chi connectivity index (χ4n) is 2.23. The van der Waals surface area contributed by atoms with Crippen molar-refractivity contribution in [3.8, 4) is 6.07 Å². The van der Waals surface area contributed by atoms with Crippen LogP contribution in [0, 0.1) is 11.3 Å². The van der Waals surface area contributed by atoms with Crippen molar-refractivity contribution in [2.45, 2.75) is 19.4 Å². The van der Waals surface area contributed by atoms with Crippen LogP contribution < -0.4 is 5.32 Å². The Kier molecular flexibility index (Phi) is 5.00. The van der Waals surface area contributed by atoms with Crippen LogP contribution >= 0.6 is 11.6 Å². The Hall–Kier alpha value is -1.08. The van der Waals surface area contributed by atoms with Gasteiger partial charge in [0.05, 0.1) is 11.6 Å². The second-order valence-electron chi connectivity index (χ2n) is 4.64. The molecule has 1 saturated heterocycles. The maximum atomic E-state index is 8.76. The molecule has 0 aromatic heterocycles. The first-order chi connectivity index (χ1) is 8.79. The van der Waals surface area contributed by atoms with Crippen LogP contribution in [0.2, 0.25) is 5.02 Å². The minimum Gasteiger partial charge on any atom is -0.311 e. The van der Waals surface area contributed by atoms with E-state index in [2.05, 4.69) is 16.3 Å². The summed E-state index contributed by atoms with van der Waals surface area (Å²) in [5.74, 6) is 0. The second-order valence-corrected chi connectivity index (χ2v) is 5.05. The van der Waals surface area contributed by atoms with Crippen LogP contribution in [0.3, 0.4) is 0 Å². The molecule has 1 aromatic rings. The average Bonchev–Trinajstić information content (AvgIpc) is 2.89. The van der Waals surface area contributed by atoms with Gasteiger partial charge in [-0.2, -0.15) is 5.26 Å². The normalized spacial score (nSPS) is 15.8. The fourth-order valence-corrected chi connectivity index (χ4v) is 2.47. The Morgan fingerprint density at radius 2 is 2.11 bits per heavy atom. The molecular weight excluding hydrogens is 246 g/mol. The average molecular weight is 264 g/mol. The molecule has 0 spiro atoms.